The zero-order chi connectivity index (χ0) is 15.6. The number of carbonyl (C=O) groups excluding carboxylic acids is 2. The number of halogens is 3. The molecule has 1 saturated carbocycles. The van der Waals surface area contributed by atoms with E-state index in [0.717, 1.165) is 12.8 Å². The highest BCUT2D eigenvalue weighted by atomic mass is 19.1. The summed E-state index contributed by atoms with van der Waals surface area (Å²) < 4.78 is 39.3. The molecule has 0 spiro atoms. The van der Waals surface area contributed by atoms with Crippen LogP contribution >= 0.6 is 0 Å². The van der Waals surface area contributed by atoms with Gasteiger partial charge in [0.05, 0.1) is 6.61 Å². The van der Waals surface area contributed by atoms with Crippen molar-refractivity contribution >= 4 is 17.5 Å². The Labute approximate surface area is 118 Å². The Morgan fingerprint density at radius 3 is 2.19 bits per heavy atom. The fraction of sp³-hybridized carbons (Fsp3) is 0.385. The van der Waals surface area contributed by atoms with E-state index < -0.39 is 40.4 Å². The molecule has 0 radical (unpaired) electrons. The van der Waals surface area contributed by atoms with Crippen molar-refractivity contribution in [2.45, 2.75) is 12.8 Å². The minimum atomic E-state index is -1.32. The third-order valence-corrected chi connectivity index (χ3v) is 3.37. The van der Waals surface area contributed by atoms with Crippen LogP contribution in [0.4, 0.5) is 18.9 Å². The zero-order valence-electron chi connectivity index (χ0n) is 10.9. The number of benzene rings is 1. The Morgan fingerprint density at radius 2 is 1.71 bits per heavy atom. The van der Waals surface area contributed by atoms with Gasteiger partial charge in [-0.2, -0.15) is 0 Å². The molecule has 0 heterocycles. The van der Waals surface area contributed by atoms with Gasteiger partial charge in [-0.1, -0.05) is 0 Å². The van der Waals surface area contributed by atoms with Gasteiger partial charge in [-0.25, -0.2) is 13.2 Å². The number of anilines is 1. The van der Waals surface area contributed by atoms with Crippen molar-refractivity contribution in [3.05, 3.63) is 29.6 Å². The maximum Gasteiger partial charge on any atom is 0.313 e. The molecule has 5 nitrogen and oxygen atoms in total. The normalized spacial score (nSPS) is 15.4. The molecule has 1 fully saturated rings. The van der Waals surface area contributed by atoms with Crippen molar-refractivity contribution in [2.24, 2.45) is 5.41 Å². The second kappa shape index (κ2) is 5.72. The minimum Gasteiger partial charge on any atom is -0.396 e. The molecule has 0 bridgehead atoms. The van der Waals surface area contributed by atoms with Gasteiger partial charge in [0, 0.05) is 24.1 Å². The van der Waals surface area contributed by atoms with Gasteiger partial charge >= 0.3 is 11.8 Å². The van der Waals surface area contributed by atoms with E-state index in [9.17, 15) is 22.8 Å². The maximum absolute atomic E-state index is 13.3. The number of carbonyl (C=O) groups is 2. The number of aliphatic hydroxyl groups is 1. The summed E-state index contributed by atoms with van der Waals surface area (Å²) in [6, 6.07) is 0.781. The van der Waals surface area contributed by atoms with Crippen LogP contribution in [0.15, 0.2) is 12.1 Å². The van der Waals surface area contributed by atoms with Crippen LogP contribution in [0.2, 0.25) is 0 Å². The van der Waals surface area contributed by atoms with E-state index >= 15 is 0 Å². The standard InChI is InChI=1S/C13H13F3N2O3/c14-7-3-8(15)10(9(16)4-7)18-12(21)11(20)17-5-13(6-19)1-2-13/h3-4,19H,1-2,5-6H2,(H,17,20)(H,18,21). The average molecular weight is 302 g/mol. The van der Waals surface area contributed by atoms with E-state index in [4.69, 9.17) is 5.11 Å². The number of hydrogen-bond acceptors (Lipinski definition) is 3. The first-order chi connectivity index (χ1) is 9.87. The fourth-order valence-electron chi connectivity index (χ4n) is 1.75. The van der Waals surface area contributed by atoms with Crippen molar-refractivity contribution in [1.29, 1.82) is 0 Å². The van der Waals surface area contributed by atoms with Crippen molar-refractivity contribution in [3.8, 4) is 0 Å². The van der Waals surface area contributed by atoms with E-state index in [-0.39, 0.29) is 13.2 Å². The first-order valence-electron chi connectivity index (χ1n) is 6.21. The van der Waals surface area contributed by atoms with E-state index in [2.05, 4.69) is 5.32 Å². The van der Waals surface area contributed by atoms with Crippen LogP contribution in [-0.2, 0) is 9.59 Å². The number of amides is 2. The summed E-state index contributed by atoms with van der Waals surface area (Å²) in [6.45, 7) is -0.0136. The van der Waals surface area contributed by atoms with Gasteiger partial charge in [0.1, 0.15) is 11.5 Å². The van der Waals surface area contributed by atoms with Crippen LogP contribution < -0.4 is 10.6 Å². The molecular formula is C13H13F3N2O3. The number of rotatable bonds is 4. The zero-order valence-corrected chi connectivity index (χ0v) is 10.9. The van der Waals surface area contributed by atoms with Gasteiger partial charge < -0.3 is 15.7 Å². The highest BCUT2D eigenvalue weighted by Crippen LogP contribution is 2.44. The van der Waals surface area contributed by atoms with Crippen LogP contribution in [0.25, 0.3) is 0 Å². The van der Waals surface area contributed by atoms with Crippen molar-refractivity contribution in [1.82, 2.24) is 5.32 Å². The number of hydrogen-bond donors (Lipinski definition) is 3. The largest absolute Gasteiger partial charge is 0.396 e. The maximum atomic E-state index is 13.3. The lowest BCUT2D eigenvalue weighted by atomic mass is 10.1. The van der Waals surface area contributed by atoms with Gasteiger partial charge in [0.25, 0.3) is 0 Å². The molecule has 1 aliphatic rings. The minimum absolute atomic E-state index is 0.101. The molecule has 2 amide bonds. The quantitative estimate of drug-likeness (QED) is 0.724. The first-order valence-corrected chi connectivity index (χ1v) is 6.21. The summed E-state index contributed by atoms with van der Waals surface area (Å²) in [5.41, 5.74) is -1.29. The van der Waals surface area contributed by atoms with E-state index in [1.165, 1.54) is 0 Å². The van der Waals surface area contributed by atoms with Crippen LogP contribution in [0.1, 0.15) is 12.8 Å². The second-order valence-electron chi connectivity index (χ2n) is 5.04. The SMILES string of the molecule is O=C(NCC1(CO)CC1)C(=O)Nc1c(F)cc(F)cc1F. The summed E-state index contributed by atoms with van der Waals surface area (Å²) in [6.07, 6.45) is 1.46. The molecule has 1 aromatic rings. The summed E-state index contributed by atoms with van der Waals surface area (Å²) in [4.78, 5) is 23.0. The molecule has 1 aliphatic carbocycles. The van der Waals surface area contributed by atoms with E-state index in [1.807, 2.05) is 0 Å². The topological polar surface area (TPSA) is 78.4 Å². The fourth-order valence-corrected chi connectivity index (χ4v) is 1.75. The highest BCUT2D eigenvalue weighted by molar-refractivity contribution is 6.39. The molecule has 1 aromatic carbocycles. The highest BCUT2D eigenvalue weighted by Gasteiger charge is 2.42. The molecular weight excluding hydrogens is 289 g/mol. The second-order valence-corrected chi connectivity index (χ2v) is 5.04. The molecule has 3 N–H and O–H groups in total. The third-order valence-electron chi connectivity index (χ3n) is 3.37. The van der Waals surface area contributed by atoms with Crippen LogP contribution in [-0.4, -0.2) is 30.1 Å². The lowest BCUT2D eigenvalue weighted by Crippen LogP contribution is -2.39. The molecule has 0 unspecified atom stereocenters. The van der Waals surface area contributed by atoms with E-state index in [0.29, 0.717) is 12.1 Å². The Bertz CT molecular complexity index is 565. The average Bonchev–Trinajstić information content (AvgIpc) is 3.20. The number of nitrogens with one attached hydrogen (secondary N) is 2. The molecule has 21 heavy (non-hydrogen) atoms. The Morgan fingerprint density at radius 1 is 1.14 bits per heavy atom. The molecule has 2 rings (SSSR count). The number of aliphatic hydroxyl groups excluding tert-OH is 1. The van der Waals surface area contributed by atoms with Crippen LogP contribution in [0, 0.1) is 22.9 Å². The Kier molecular flexibility index (Phi) is 4.17. The van der Waals surface area contributed by atoms with Gasteiger partial charge in [0.2, 0.25) is 0 Å². The van der Waals surface area contributed by atoms with Crippen LogP contribution in [0.5, 0.6) is 0 Å². The first kappa shape index (κ1) is 15.3. The lowest BCUT2D eigenvalue weighted by Gasteiger charge is -2.13. The van der Waals surface area contributed by atoms with Crippen molar-refractivity contribution < 1.29 is 27.9 Å². The predicted octanol–water partition coefficient (Wildman–Crippen LogP) is 0.931. The Hall–Kier alpha value is -2.09. The Balaban J connectivity index is 1.96. The molecule has 114 valence electrons. The third kappa shape index (κ3) is 3.52. The molecule has 0 aromatic heterocycles. The van der Waals surface area contributed by atoms with Gasteiger partial charge in [-0.05, 0) is 12.8 Å². The summed E-state index contributed by atoms with van der Waals surface area (Å²) in [7, 11) is 0. The van der Waals surface area contributed by atoms with Crippen LogP contribution in [0.3, 0.4) is 0 Å². The smallest absolute Gasteiger partial charge is 0.313 e. The van der Waals surface area contributed by atoms with Gasteiger partial charge in [-0.15, -0.1) is 0 Å². The van der Waals surface area contributed by atoms with Gasteiger partial charge in [-0.3, -0.25) is 9.59 Å². The molecule has 0 atom stereocenters. The summed E-state index contributed by atoms with van der Waals surface area (Å²) >= 11 is 0. The monoisotopic (exact) mass is 302 g/mol. The molecule has 0 saturated heterocycles. The molecule has 0 aliphatic heterocycles. The van der Waals surface area contributed by atoms with Crippen molar-refractivity contribution in [2.75, 3.05) is 18.5 Å². The summed E-state index contributed by atoms with van der Waals surface area (Å²) in [5.74, 6) is -6.12. The molecule has 8 heteroatoms. The van der Waals surface area contributed by atoms with E-state index in [1.54, 1.807) is 5.32 Å². The summed E-state index contributed by atoms with van der Waals surface area (Å²) in [5, 5.41) is 13.1. The lowest BCUT2D eigenvalue weighted by molar-refractivity contribution is -0.136. The van der Waals surface area contributed by atoms with Crippen molar-refractivity contribution in [3.63, 3.8) is 0 Å². The predicted molar refractivity (Wildman–Crippen MR) is 66.7 cm³/mol. The van der Waals surface area contributed by atoms with Gasteiger partial charge in [0.15, 0.2) is 11.6 Å².